The molecular weight excluding hydrogens is 388 g/mol. The van der Waals surface area contributed by atoms with Crippen LogP contribution >= 0.6 is 0 Å². The van der Waals surface area contributed by atoms with E-state index >= 15 is 0 Å². The first-order chi connectivity index (χ1) is 13.6. The highest BCUT2D eigenvalue weighted by Gasteiger charge is 2.31. The van der Waals surface area contributed by atoms with Crippen LogP contribution in [0.4, 0.5) is 5.82 Å². The Morgan fingerprint density at radius 3 is 2.31 bits per heavy atom. The van der Waals surface area contributed by atoms with Crippen molar-refractivity contribution < 1.29 is 17.6 Å². The molecular formula is C22H26N2O4S. The van der Waals surface area contributed by atoms with Crippen LogP contribution in [-0.2, 0) is 21.2 Å². The maximum Gasteiger partial charge on any atom is 0.228 e. The second-order valence-electron chi connectivity index (χ2n) is 7.51. The summed E-state index contributed by atoms with van der Waals surface area (Å²) < 4.78 is 34.3. The van der Waals surface area contributed by atoms with E-state index in [0.29, 0.717) is 17.9 Å². The predicted octanol–water partition coefficient (Wildman–Crippen LogP) is 4.48. The number of amides is 1. The Hall–Kier alpha value is -2.80. The first-order valence-electron chi connectivity index (χ1n) is 9.47. The fraction of sp³-hybridized carbons (Fsp3) is 0.318. The van der Waals surface area contributed by atoms with Crippen LogP contribution in [0.5, 0.6) is 0 Å². The lowest BCUT2D eigenvalue weighted by Gasteiger charge is -2.15. The Kier molecular flexibility index (Phi) is 5.71. The minimum absolute atomic E-state index is 0.124. The van der Waals surface area contributed by atoms with Gasteiger partial charge in [-0.05, 0) is 50.6 Å². The summed E-state index contributed by atoms with van der Waals surface area (Å²) in [4.78, 5) is 12.8. The minimum Gasteiger partial charge on any atom is -0.467 e. The van der Waals surface area contributed by atoms with Crippen LogP contribution in [0.15, 0.2) is 56.9 Å². The summed E-state index contributed by atoms with van der Waals surface area (Å²) in [6, 6.07) is 10.3. The second-order valence-corrected chi connectivity index (χ2v) is 9.40. The average Bonchev–Trinajstić information content (AvgIpc) is 3.25. The van der Waals surface area contributed by atoms with Crippen LogP contribution in [0.1, 0.15) is 36.4 Å². The summed E-state index contributed by atoms with van der Waals surface area (Å²) in [6.07, 6.45) is 1.57. The molecule has 154 valence electrons. The highest BCUT2D eigenvalue weighted by Crippen LogP contribution is 2.36. The zero-order chi connectivity index (χ0) is 21.3. The molecule has 0 aliphatic heterocycles. The monoisotopic (exact) mass is 414 g/mol. The van der Waals surface area contributed by atoms with Gasteiger partial charge >= 0.3 is 0 Å². The maximum atomic E-state index is 13.5. The molecule has 0 aliphatic carbocycles. The van der Waals surface area contributed by atoms with Gasteiger partial charge in [0, 0.05) is 11.6 Å². The molecule has 7 heteroatoms. The van der Waals surface area contributed by atoms with E-state index < -0.39 is 9.84 Å². The van der Waals surface area contributed by atoms with Crippen molar-refractivity contribution in [3.8, 4) is 0 Å². The normalized spacial score (nSPS) is 11.8. The van der Waals surface area contributed by atoms with Crippen molar-refractivity contribution in [2.24, 2.45) is 5.92 Å². The number of nitrogens with one attached hydrogen (secondary N) is 1. The molecule has 0 saturated heterocycles. The van der Waals surface area contributed by atoms with Gasteiger partial charge in [0.1, 0.15) is 16.5 Å². The Balaban J connectivity index is 2.22. The smallest absolute Gasteiger partial charge is 0.228 e. The molecule has 1 aromatic carbocycles. The molecule has 0 saturated carbocycles. The number of anilines is 1. The quantitative estimate of drug-likeness (QED) is 0.645. The zero-order valence-electron chi connectivity index (χ0n) is 17.3. The van der Waals surface area contributed by atoms with Gasteiger partial charge in [-0.3, -0.25) is 4.79 Å². The molecule has 0 radical (unpaired) electrons. The van der Waals surface area contributed by atoms with E-state index in [1.54, 1.807) is 61.9 Å². The van der Waals surface area contributed by atoms with Crippen molar-refractivity contribution in [3.63, 3.8) is 0 Å². The molecule has 0 bridgehead atoms. The largest absolute Gasteiger partial charge is 0.467 e. The van der Waals surface area contributed by atoms with Crippen LogP contribution in [0.3, 0.4) is 0 Å². The van der Waals surface area contributed by atoms with Crippen LogP contribution in [0.25, 0.3) is 0 Å². The minimum atomic E-state index is -3.84. The summed E-state index contributed by atoms with van der Waals surface area (Å²) in [5, 5.41) is 2.84. The van der Waals surface area contributed by atoms with Gasteiger partial charge in [0.2, 0.25) is 15.7 Å². The van der Waals surface area contributed by atoms with E-state index in [0.717, 1.165) is 11.3 Å². The lowest BCUT2D eigenvalue weighted by atomic mass is 10.2. The number of carbonyl (C=O) groups is 1. The van der Waals surface area contributed by atoms with Gasteiger partial charge in [0.05, 0.1) is 17.7 Å². The topological polar surface area (TPSA) is 81.3 Å². The van der Waals surface area contributed by atoms with Crippen molar-refractivity contribution in [1.29, 1.82) is 0 Å². The highest BCUT2D eigenvalue weighted by molar-refractivity contribution is 7.91. The summed E-state index contributed by atoms with van der Waals surface area (Å²) in [5.41, 5.74) is 2.34. The number of aromatic nitrogens is 1. The van der Waals surface area contributed by atoms with E-state index in [9.17, 15) is 13.2 Å². The van der Waals surface area contributed by atoms with Gasteiger partial charge in [-0.2, -0.15) is 0 Å². The second kappa shape index (κ2) is 7.91. The standard InChI is InChI=1S/C22H26N2O4S/c1-14(2)22(25)23-21-20(29(26,27)19-10-8-15(3)9-11-19)16(4)17(5)24(21)13-18-7-6-12-28-18/h6-12,14H,13H2,1-5H3,(H,23,25). The molecule has 0 fully saturated rings. The van der Waals surface area contributed by atoms with Crippen LogP contribution in [0, 0.1) is 26.7 Å². The first-order valence-corrected chi connectivity index (χ1v) is 11.0. The van der Waals surface area contributed by atoms with Gasteiger partial charge in [0.25, 0.3) is 0 Å². The van der Waals surface area contributed by atoms with Crippen molar-refractivity contribution >= 4 is 21.6 Å². The molecule has 2 aromatic heterocycles. The molecule has 2 heterocycles. The van der Waals surface area contributed by atoms with Crippen molar-refractivity contribution in [2.75, 3.05) is 5.32 Å². The summed E-state index contributed by atoms with van der Waals surface area (Å²) in [6.45, 7) is 9.36. The van der Waals surface area contributed by atoms with Gasteiger partial charge < -0.3 is 14.3 Å². The third-order valence-corrected chi connectivity index (χ3v) is 6.96. The molecule has 1 N–H and O–H groups in total. The van der Waals surface area contributed by atoms with E-state index in [-0.39, 0.29) is 27.4 Å². The number of sulfone groups is 1. The molecule has 3 aromatic rings. The number of carbonyl (C=O) groups excluding carboxylic acids is 1. The first kappa shape index (κ1) is 20.9. The lowest BCUT2D eigenvalue weighted by molar-refractivity contribution is -0.118. The Morgan fingerprint density at radius 1 is 1.10 bits per heavy atom. The summed E-state index contributed by atoms with van der Waals surface area (Å²) >= 11 is 0. The highest BCUT2D eigenvalue weighted by atomic mass is 32.2. The van der Waals surface area contributed by atoms with Crippen LogP contribution in [-0.4, -0.2) is 18.9 Å². The predicted molar refractivity (Wildman–Crippen MR) is 112 cm³/mol. The third kappa shape index (κ3) is 4.00. The van der Waals surface area contributed by atoms with Crippen molar-refractivity contribution in [1.82, 2.24) is 4.57 Å². The number of nitrogens with zero attached hydrogens (tertiary/aromatic N) is 1. The van der Waals surface area contributed by atoms with Gasteiger partial charge in [-0.25, -0.2) is 8.42 Å². The molecule has 0 unspecified atom stereocenters. The maximum absolute atomic E-state index is 13.5. The van der Waals surface area contributed by atoms with E-state index in [4.69, 9.17) is 4.42 Å². The van der Waals surface area contributed by atoms with Gasteiger partial charge in [0.15, 0.2) is 0 Å². The number of hydrogen-bond donors (Lipinski definition) is 1. The van der Waals surface area contributed by atoms with Crippen molar-refractivity contribution in [3.05, 3.63) is 65.2 Å². The molecule has 1 amide bonds. The molecule has 3 rings (SSSR count). The molecule has 0 spiro atoms. The SMILES string of the molecule is Cc1ccc(S(=O)(=O)c2c(C)c(C)n(Cc3ccco3)c2NC(=O)C(C)C)cc1. The van der Waals surface area contributed by atoms with E-state index in [1.165, 1.54) is 0 Å². The van der Waals surface area contributed by atoms with Crippen LogP contribution < -0.4 is 5.32 Å². The number of aryl methyl sites for hydroxylation is 1. The molecule has 29 heavy (non-hydrogen) atoms. The van der Waals surface area contributed by atoms with Gasteiger partial charge in [-0.15, -0.1) is 0 Å². The summed E-state index contributed by atoms with van der Waals surface area (Å²) in [7, 11) is -3.84. The molecule has 0 atom stereocenters. The number of furan rings is 1. The van der Waals surface area contributed by atoms with E-state index in [2.05, 4.69) is 5.32 Å². The lowest BCUT2D eigenvalue weighted by Crippen LogP contribution is -2.22. The molecule has 6 nitrogen and oxygen atoms in total. The number of benzene rings is 1. The zero-order valence-corrected chi connectivity index (χ0v) is 18.1. The van der Waals surface area contributed by atoms with Crippen LogP contribution in [0.2, 0.25) is 0 Å². The Morgan fingerprint density at radius 2 is 1.76 bits per heavy atom. The molecule has 0 aliphatic rings. The fourth-order valence-electron chi connectivity index (χ4n) is 3.14. The van der Waals surface area contributed by atoms with Crippen molar-refractivity contribution in [2.45, 2.75) is 51.0 Å². The summed E-state index contributed by atoms with van der Waals surface area (Å²) in [5.74, 6) is 0.402. The number of rotatable bonds is 6. The average molecular weight is 415 g/mol. The van der Waals surface area contributed by atoms with Gasteiger partial charge in [-0.1, -0.05) is 31.5 Å². The Bertz CT molecular complexity index is 1120. The number of hydrogen-bond acceptors (Lipinski definition) is 4. The van der Waals surface area contributed by atoms with E-state index in [1.807, 2.05) is 19.9 Å². The fourth-order valence-corrected chi connectivity index (χ4v) is 4.84. The Labute approximate surface area is 171 Å². The third-order valence-electron chi connectivity index (χ3n) is 5.03.